The molecule has 14 heteroatoms. The van der Waals surface area contributed by atoms with Gasteiger partial charge < -0.3 is 40.7 Å². The highest BCUT2D eigenvalue weighted by molar-refractivity contribution is 6.35. The lowest BCUT2D eigenvalue weighted by Gasteiger charge is -2.26. The number of aryl methyl sites for hydroxylation is 1. The lowest BCUT2D eigenvalue weighted by Crippen LogP contribution is -2.57. The summed E-state index contributed by atoms with van der Waals surface area (Å²) in [5.74, 6) is -2.39. The monoisotopic (exact) mass is 647 g/mol. The predicted molar refractivity (Wildman–Crippen MR) is 169 cm³/mol. The van der Waals surface area contributed by atoms with Crippen molar-refractivity contribution in [3.8, 4) is 11.5 Å². The van der Waals surface area contributed by atoms with Crippen LogP contribution in [-0.4, -0.2) is 103 Å². The highest BCUT2D eigenvalue weighted by Gasteiger charge is 2.30. The Morgan fingerprint density at radius 1 is 0.957 bits per heavy atom. The molecule has 1 aromatic carbocycles. The Balaban J connectivity index is 2.24. The standard InChI is InChI=1S/C32H49N5O9/c1-20(2)17-24-30(42)36-29(21(3)38)31(43)34-13-6-7-15-37(32(44)22(4)39)16-8-14-33-28(41)19-46-25-11-9-23(18-26(25)45-5)10-12-27(40)35-24/h9,11,18,20-21,24,29,38H,6-8,10,12-17,19H2,1-5H3,(H,33,41)(H,34,43)(H,35,40)(H,36,42)/t21-,24-,29+/m1/s1. The van der Waals surface area contributed by atoms with Gasteiger partial charge in [-0.05, 0) is 62.6 Å². The number of benzene rings is 1. The van der Waals surface area contributed by atoms with E-state index in [9.17, 15) is 33.9 Å². The van der Waals surface area contributed by atoms with Crippen LogP contribution in [0.5, 0.6) is 11.5 Å². The molecule has 1 aromatic rings. The van der Waals surface area contributed by atoms with E-state index in [-0.39, 0.29) is 56.9 Å². The molecule has 256 valence electrons. The number of nitrogens with one attached hydrogen (secondary N) is 4. The Labute approximate surface area is 270 Å². The van der Waals surface area contributed by atoms with Gasteiger partial charge in [0, 0.05) is 39.5 Å². The molecule has 2 heterocycles. The first-order valence-corrected chi connectivity index (χ1v) is 15.7. The first-order valence-electron chi connectivity index (χ1n) is 15.7. The second-order valence-electron chi connectivity index (χ2n) is 11.8. The van der Waals surface area contributed by atoms with Crippen LogP contribution in [0.15, 0.2) is 18.2 Å². The van der Waals surface area contributed by atoms with Crippen molar-refractivity contribution in [3.05, 3.63) is 23.8 Å². The van der Waals surface area contributed by atoms with Crippen LogP contribution in [0.4, 0.5) is 0 Å². The third-order valence-corrected chi connectivity index (χ3v) is 7.32. The molecule has 14 nitrogen and oxygen atoms in total. The Morgan fingerprint density at radius 2 is 1.65 bits per heavy atom. The van der Waals surface area contributed by atoms with Gasteiger partial charge in [-0.3, -0.25) is 28.8 Å². The van der Waals surface area contributed by atoms with Gasteiger partial charge in [0.1, 0.15) is 12.1 Å². The van der Waals surface area contributed by atoms with Crippen LogP contribution in [0.25, 0.3) is 0 Å². The summed E-state index contributed by atoms with van der Waals surface area (Å²) >= 11 is 0. The van der Waals surface area contributed by atoms with Crippen molar-refractivity contribution < 1.29 is 43.3 Å². The molecule has 0 spiro atoms. The van der Waals surface area contributed by atoms with E-state index in [0.717, 1.165) is 5.56 Å². The SMILES string of the molecule is COc1cc2ccc1OCC(=O)NCCCN(C(=O)C(C)=O)CCCCNC(=O)[C@H]([C@@H](C)O)NC(=O)[C@@H](CC(C)C)NC(=O)CC2. The summed E-state index contributed by atoms with van der Waals surface area (Å²) < 4.78 is 11.1. The third-order valence-electron chi connectivity index (χ3n) is 7.32. The van der Waals surface area contributed by atoms with Crippen molar-refractivity contribution in [1.29, 1.82) is 0 Å². The Hall–Kier alpha value is -4.20. The van der Waals surface area contributed by atoms with E-state index in [4.69, 9.17) is 9.47 Å². The van der Waals surface area contributed by atoms with Crippen molar-refractivity contribution in [3.63, 3.8) is 0 Å². The molecule has 46 heavy (non-hydrogen) atoms. The maximum atomic E-state index is 13.2. The number of carbonyl (C=O) groups is 6. The van der Waals surface area contributed by atoms with Crippen LogP contribution >= 0.6 is 0 Å². The summed E-state index contributed by atoms with van der Waals surface area (Å²) in [5, 5.41) is 21.1. The predicted octanol–water partition coefficient (Wildman–Crippen LogP) is 0.237. The second-order valence-corrected chi connectivity index (χ2v) is 11.8. The molecule has 0 aliphatic carbocycles. The van der Waals surface area contributed by atoms with Crippen molar-refractivity contribution in [2.75, 3.05) is 39.9 Å². The first kappa shape index (κ1) is 38.0. The zero-order valence-electron chi connectivity index (χ0n) is 27.5. The maximum absolute atomic E-state index is 13.2. The van der Waals surface area contributed by atoms with Gasteiger partial charge in [0.05, 0.1) is 13.2 Å². The molecule has 0 unspecified atom stereocenters. The molecule has 2 aliphatic rings. The van der Waals surface area contributed by atoms with Gasteiger partial charge >= 0.3 is 0 Å². The van der Waals surface area contributed by atoms with Crippen molar-refractivity contribution in [2.45, 2.75) is 84.4 Å². The van der Waals surface area contributed by atoms with Crippen LogP contribution in [0.1, 0.15) is 65.4 Å². The van der Waals surface area contributed by atoms with Crippen LogP contribution in [0.3, 0.4) is 0 Å². The molecule has 5 N–H and O–H groups in total. The summed E-state index contributed by atoms with van der Waals surface area (Å²) in [6.45, 7) is 7.07. The third kappa shape index (κ3) is 13.0. The van der Waals surface area contributed by atoms with Gasteiger partial charge in [-0.25, -0.2) is 0 Å². The minimum atomic E-state index is -1.25. The molecule has 0 saturated carbocycles. The molecule has 0 fully saturated rings. The number of amides is 5. The largest absolute Gasteiger partial charge is 0.493 e. The number of aliphatic hydroxyl groups excluding tert-OH is 1. The Morgan fingerprint density at radius 3 is 2.30 bits per heavy atom. The number of ether oxygens (including phenoxy) is 2. The van der Waals surface area contributed by atoms with Crippen LogP contribution in [0.2, 0.25) is 0 Å². The van der Waals surface area contributed by atoms with E-state index in [1.807, 2.05) is 13.8 Å². The first-order chi connectivity index (χ1) is 21.8. The van der Waals surface area contributed by atoms with Gasteiger partial charge in [-0.1, -0.05) is 19.9 Å². The minimum Gasteiger partial charge on any atom is -0.493 e. The molecular weight excluding hydrogens is 598 g/mol. The van der Waals surface area contributed by atoms with E-state index in [0.29, 0.717) is 43.6 Å². The quantitative estimate of drug-likeness (QED) is 0.220. The van der Waals surface area contributed by atoms with Crippen LogP contribution in [0, 0.1) is 5.92 Å². The number of hydrogen-bond donors (Lipinski definition) is 5. The lowest BCUT2D eigenvalue weighted by molar-refractivity contribution is -0.143. The van der Waals surface area contributed by atoms with Crippen LogP contribution < -0.4 is 30.7 Å². The highest BCUT2D eigenvalue weighted by atomic mass is 16.5. The number of ketones is 1. The van der Waals surface area contributed by atoms with E-state index in [2.05, 4.69) is 21.3 Å². The van der Waals surface area contributed by atoms with Crippen molar-refractivity contribution in [2.24, 2.45) is 5.92 Å². The molecule has 0 radical (unpaired) electrons. The summed E-state index contributed by atoms with van der Waals surface area (Å²) in [4.78, 5) is 77.0. The normalized spacial score (nSPS) is 20.9. The summed E-state index contributed by atoms with van der Waals surface area (Å²) in [7, 11) is 1.46. The Kier molecular flexibility index (Phi) is 16.0. The summed E-state index contributed by atoms with van der Waals surface area (Å²) in [6, 6.07) is 2.91. The number of rotatable bonds is 5. The maximum Gasteiger partial charge on any atom is 0.289 e. The minimum absolute atomic E-state index is 0.0450. The van der Waals surface area contributed by atoms with Crippen molar-refractivity contribution >= 4 is 35.3 Å². The topological polar surface area (TPSA) is 192 Å². The molecule has 5 amide bonds. The van der Waals surface area contributed by atoms with E-state index >= 15 is 0 Å². The number of nitrogens with zero attached hydrogens (tertiary/aromatic N) is 1. The number of aliphatic hydroxyl groups is 1. The zero-order chi connectivity index (χ0) is 34.2. The van der Waals surface area contributed by atoms with E-state index in [1.54, 1.807) is 18.2 Å². The van der Waals surface area contributed by atoms with Crippen LogP contribution in [-0.2, 0) is 35.2 Å². The van der Waals surface area contributed by atoms with Gasteiger partial charge in [0.15, 0.2) is 18.1 Å². The number of carbonyl (C=O) groups excluding carboxylic acids is 6. The Bertz CT molecular complexity index is 1220. The highest BCUT2D eigenvalue weighted by Crippen LogP contribution is 2.28. The van der Waals surface area contributed by atoms with Gasteiger partial charge in [-0.15, -0.1) is 0 Å². The number of hydrogen-bond acceptors (Lipinski definition) is 9. The average molecular weight is 648 g/mol. The molecule has 3 atom stereocenters. The van der Waals surface area contributed by atoms with Crippen molar-refractivity contribution in [1.82, 2.24) is 26.2 Å². The molecule has 0 saturated heterocycles. The second kappa shape index (κ2) is 19.3. The zero-order valence-corrected chi connectivity index (χ0v) is 27.5. The fourth-order valence-corrected chi connectivity index (χ4v) is 4.85. The number of Topliss-reactive ketones (excluding diaryl/α,β-unsaturated/α-hetero) is 1. The van der Waals surface area contributed by atoms with Gasteiger partial charge in [0.25, 0.3) is 11.8 Å². The molecular formula is C32H49N5O9. The van der Waals surface area contributed by atoms with E-state index < -0.39 is 41.7 Å². The fourth-order valence-electron chi connectivity index (χ4n) is 4.85. The van der Waals surface area contributed by atoms with Gasteiger partial charge in [0.2, 0.25) is 23.5 Å². The molecule has 2 aliphatic heterocycles. The lowest BCUT2D eigenvalue weighted by atomic mass is 10.0. The fraction of sp³-hybridized carbons (Fsp3) is 0.625. The smallest absolute Gasteiger partial charge is 0.289 e. The van der Waals surface area contributed by atoms with Gasteiger partial charge in [-0.2, -0.15) is 0 Å². The molecule has 3 rings (SSSR count). The van der Waals surface area contributed by atoms with E-state index in [1.165, 1.54) is 25.9 Å². The molecule has 0 aromatic heterocycles. The number of methoxy groups -OCH3 is 1. The number of fused-ring (bicyclic) bond motifs is 23. The molecule has 2 bridgehead atoms. The summed E-state index contributed by atoms with van der Waals surface area (Å²) in [6.07, 6.45) is 0.837. The average Bonchev–Trinajstić information content (AvgIpc) is 3.00. The summed E-state index contributed by atoms with van der Waals surface area (Å²) in [5.41, 5.74) is 0.769.